The summed E-state index contributed by atoms with van der Waals surface area (Å²) in [6, 6.07) is 69.0. The minimum absolute atomic E-state index is 0.981. The Kier molecular flexibility index (Phi) is 7.49. The van der Waals surface area contributed by atoms with Crippen LogP contribution in [0.25, 0.3) is 61.0 Å². The van der Waals surface area contributed by atoms with Crippen LogP contribution in [0.2, 0.25) is 0 Å². The van der Waals surface area contributed by atoms with E-state index in [0.717, 1.165) is 45.1 Å². The Morgan fingerprint density at radius 3 is 1.40 bits per heavy atom. The van der Waals surface area contributed by atoms with Gasteiger partial charge in [0.2, 0.25) is 0 Å². The summed E-state index contributed by atoms with van der Waals surface area (Å²) in [5, 5.41) is 2.52. The molecule has 0 unspecified atom stereocenters. The smallest absolute Gasteiger partial charge is 0.0780 e. The number of fused-ring (bicyclic) bond motifs is 3. The van der Waals surface area contributed by atoms with Gasteiger partial charge in [-0.25, -0.2) is 0 Å². The van der Waals surface area contributed by atoms with Gasteiger partial charge >= 0.3 is 0 Å². The van der Waals surface area contributed by atoms with Gasteiger partial charge in [0.05, 0.1) is 16.7 Å². The van der Waals surface area contributed by atoms with Crippen LogP contribution in [0.3, 0.4) is 0 Å². The number of aromatic nitrogens is 2. The third kappa shape index (κ3) is 5.32. The van der Waals surface area contributed by atoms with Crippen LogP contribution in [0.4, 0.5) is 17.1 Å². The van der Waals surface area contributed by atoms with E-state index in [0.29, 0.717) is 0 Å². The maximum Gasteiger partial charge on any atom is 0.0780 e. The van der Waals surface area contributed by atoms with Crippen molar-refractivity contribution in [1.29, 1.82) is 0 Å². The summed E-state index contributed by atoms with van der Waals surface area (Å²) in [5.74, 6) is 0. The summed E-state index contributed by atoms with van der Waals surface area (Å²) < 4.78 is 2.36. The van der Waals surface area contributed by atoms with Crippen molar-refractivity contribution in [2.75, 3.05) is 4.90 Å². The highest BCUT2D eigenvalue weighted by atomic mass is 15.1. The number of benzene rings is 7. The minimum atomic E-state index is 0.981. The highest BCUT2D eigenvalue weighted by Crippen LogP contribution is 2.39. The maximum atomic E-state index is 4.77. The van der Waals surface area contributed by atoms with Gasteiger partial charge in [-0.3, -0.25) is 4.98 Å². The molecular weight excluding hydrogens is 607 g/mol. The lowest BCUT2D eigenvalue weighted by Gasteiger charge is -2.26. The first kappa shape index (κ1) is 29.4. The zero-order valence-electron chi connectivity index (χ0n) is 27.4. The molecule has 50 heavy (non-hydrogen) atoms. The number of nitrogens with zero attached hydrogens (tertiary/aromatic N) is 3. The normalized spacial score (nSPS) is 11.2. The van der Waals surface area contributed by atoms with Gasteiger partial charge in [-0.05, 0) is 83.4 Å². The van der Waals surface area contributed by atoms with Gasteiger partial charge in [0.25, 0.3) is 0 Å². The minimum Gasteiger partial charge on any atom is -0.311 e. The van der Waals surface area contributed by atoms with Gasteiger partial charge in [-0.2, -0.15) is 0 Å². The Morgan fingerprint density at radius 2 is 0.820 bits per heavy atom. The molecule has 9 aromatic rings. The fourth-order valence-corrected chi connectivity index (χ4v) is 7.09. The van der Waals surface area contributed by atoms with Crippen LogP contribution in [0.1, 0.15) is 0 Å². The molecule has 0 saturated carbocycles. The van der Waals surface area contributed by atoms with Crippen LogP contribution in [-0.4, -0.2) is 9.55 Å². The van der Waals surface area contributed by atoms with Crippen LogP contribution in [0.5, 0.6) is 0 Å². The zero-order chi connectivity index (χ0) is 33.3. The lowest BCUT2D eigenvalue weighted by molar-refractivity contribution is 1.17. The zero-order valence-corrected chi connectivity index (χ0v) is 27.4. The first-order valence-electron chi connectivity index (χ1n) is 17.0. The molecule has 0 aliphatic carbocycles. The van der Waals surface area contributed by atoms with Crippen LogP contribution < -0.4 is 4.90 Å². The van der Waals surface area contributed by atoms with E-state index in [4.69, 9.17) is 4.98 Å². The molecule has 0 atom stereocenters. The first-order chi connectivity index (χ1) is 24.8. The van der Waals surface area contributed by atoms with Gasteiger partial charge in [-0.1, -0.05) is 127 Å². The fraction of sp³-hybridized carbons (Fsp3) is 0. The molecule has 2 aromatic heterocycles. The Morgan fingerprint density at radius 1 is 0.360 bits per heavy atom. The average molecular weight is 640 g/mol. The molecule has 236 valence electrons. The highest BCUT2D eigenvalue weighted by molar-refractivity contribution is 6.09. The number of anilines is 3. The highest BCUT2D eigenvalue weighted by Gasteiger charge is 2.16. The Bertz CT molecular complexity index is 2500. The van der Waals surface area contributed by atoms with Crippen molar-refractivity contribution in [3.8, 4) is 39.2 Å². The number of rotatable bonds is 7. The average Bonchev–Trinajstić information content (AvgIpc) is 3.54. The van der Waals surface area contributed by atoms with Gasteiger partial charge < -0.3 is 9.47 Å². The molecule has 0 bridgehead atoms. The lowest BCUT2D eigenvalue weighted by atomic mass is 9.99. The second-order valence-electron chi connectivity index (χ2n) is 12.4. The molecule has 0 N–H and O–H groups in total. The first-order valence-corrected chi connectivity index (χ1v) is 17.0. The van der Waals surface area contributed by atoms with Gasteiger partial charge in [0.1, 0.15) is 0 Å². The third-order valence-electron chi connectivity index (χ3n) is 9.47. The molecule has 3 nitrogen and oxygen atoms in total. The van der Waals surface area contributed by atoms with E-state index >= 15 is 0 Å². The second kappa shape index (κ2) is 12.7. The monoisotopic (exact) mass is 639 g/mol. The fourth-order valence-electron chi connectivity index (χ4n) is 7.09. The van der Waals surface area contributed by atoms with Crippen molar-refractivity contribution in [2.24, 2.45) is 0 Å². The number of hydrogen-bond acceptors (Lipinski definition) is 2. The molecule has 0 fully saturated rings. The SMILES string of the molecule is c1ccc(-c2ccc(N(c3ccc(-c4cccnc4-c4ccccc4)cc3)c3ccc(-n4c5ccccc5c5ccccc54)cc3)cc2)cc1. The van der Waals surface area contributed by atoms with E-state index in [1.165, 1.54) is 32.9 Å². The molecule has 0 saturated heterocycles. The van der Waals surface area contributed by atoms with Crippen molar-refractivity contribution in [1.82, 2.24) is 9.55 Å². The van der Waals surface area contributed by atoms with E-state index < -0.39 is 0 Å². The third-order valence-corrected chi connectivity index (χ3v) is 9.47. The predicted octanol–water partition coefficient (Wildman–Crippen LogP) is 12.6. The summed E-state index contributed by atoms with van der Waals surface area (Å²) in [4.78, 5) is 7.09. The Hall–Kier alpha value is -6.71. The summed E-state index contributed by atoms with van der Waals surface area (Å²) in [6.45, 7) is 0. The van der Waals surface area contributed by atoms with Gasteiger partial charge in [0.15, 0.2) is 0 Å². The topological polar surface area (TPSA) is 21.1 Å². The van der Waals surface area contributed by atoms with Gasteiger partial charge in [-0.15, -0.1) is 0 Å². The maximum absolute atomic E-state index is 4.77. The van der Waals surface area contributed by atoms with Crippen LogP contribution in [-0.2, 0) is 0 Å². The van der Waals surface area contributed by atoms with Gasteiger partial charge in [0, 0.05) is 50.8 Å². The van der Waals surface area contributed by atoms with E-state index in [-0.39, 0.29) is 0 Å². The van der Waals surface area contributed by atoms with Crippen LogP contribution in [0.15, 0.2) is 200 Å². The summed E-state index contributed by atoms with van der Waals surface area (Å²) in [6.07, 6.45) is 1.87. The van der Waals surface area contributed by atoms with E-state index in [2.05, 4.69) is 191 Å². The van der Waals surface area contributed by atoms with E-state index in [1.54, 1.807) is 0 Å². The van der Waals surface area contributed by atoms with Crippen LogP contribution in [0, 0.1) is 0 Å². The van der Waals surface area contributed by atoms with E-state index in [9.17, 15) is 0 Å². The molecule has 0 spiro atoms. The molecule has 0 aliphatic rings. The molecule has 0 amide bonds. The lowest BCUT2D eigenvalue weighted by Crippen LogP contribution is -2.10. The van der Waals surface area contributed by atoms with Crippen molar-refractivity contribution in [3.05, 3.63) is 200 Å². The summed E-state index contributed by atoms with van der Waals surface area (Å²) >= 11 is 0. The van der Waals surface area contributed by atoms with Crippen LogP contribution >= 0.6 is 0 Å². The standard InChI is InChI=1S/C47H33N3/c1-3-12-34(13-4-1)35-21-25-38(26-22-35)49(39-27-23-36(24-28-39)42-18-11-33-48-47(42)37-14-5-2-6-15-37)40-29-31-41(32-30-40)50-45-19-9-7-16-43(45)44-17-8-10-20-46(44)50/h1-33H. The molecule has 0 radical (unpaired) electrons. The molecule has 7 aromatic carbocycles. The molecule has 2 heterocycles. The second-order valence-corrected chi connectivity index (χ2v) is 12.4. The molecular formula is C47H33N3. The Labute approximate surface area is 292 Å². The summed E-state index contributed by atoms with van der Waals surface area (Å²) in [7, 11) is 0. The van der Waals surface area contributed by atoms with Crippen molar-refractivity contribution in [3.63, 3.8) is 0 Å². The van der Waals surface area contributed by atoms with Crippen molar-refractivity contribution < 1.29 is 0 Å². The van der Waals surface area contributed by atoms with Crippen molar-refractivity contribution >= 4 is 38.9 Å². The number of hydrogen-bond donors (Lipinski definition) is 0. The number of para-hydroxylation sites is 2. The molecule has 9 rings (SSSR count). The van der Waals surface area contributed by atoms with Crippen molar-refractivity contribution in [2.45, 2.75) is 0 Å². The largest absolute Gasteiger partial charge is 0.311 e. The molecule has 0 aliphatic heterocycles. The number of pyridine rings is 1. The molecule has 3 heteroatoms. The predicted molar refractivity (Wildman–Crippen MR) is 210 cm³/mol. The van der Waals surface area contributed by atoms with E-state index in [1.807, 2.05) is 18.3 Å². The quantitative estimate of drug-likeness (QED) is 0.173. The summed E-state index contributed by atoms with van der Waals surface area (Å²) in [5.41, 5.74) is 13.5. The Balaban J connectivity index is 1.13.